The maximum Gasteiger partial charge on any atom is 0.220 e. The zero-order chi connectivity index (χ0) is 15.1. The van der Waals surface area contributed by atoms with Gasteiger partial charge in [-0.25, -0.2) is 0 Å². The summed E-state index contributed by atoms with van der Waals surface area (Å²) in [7, 11) is 0. The van der Waals surface area contributed by atoms with E-state index in [1.54, 1.807) is 0 Å². The second kappa shape index (κ2) is 7.63. The van der Waals surface area contributed by atoms with Crippen LogP contribution in [-0.2, 0) is 11.2 Å². The average Bonchev–Trinajstić information content (AvgIpc) is 2.53. The van der Waals surface area contributed by atoms with Gasteiger partial charge in [0.1, 0.15) is 0 Å². The molecule has 0 unspecified atom stereocenters. The third-order valence-corrected chi connectivity index (χ3v) is 3.71. The van der Waals surface area contributed by atoms with E-state index in [2.05, 4.69) is 55.6 Å². The Morgan fingerprint density at radius 2 is 1.71 bits per heavy atom. The normalized spacial score (nSPS) is 11.9. The van der Waals surface area contributed by atoms with Crippen molar-refractivity contribution in [3.63, 3.8) is 0 Å². The van der Waals surface area contributed by atoms with E-state index in [-0.39, 0.29) is 11.9 Å². The number of hydrogen-bond donors (Lipinski definition) is 1. The number of amides is 1. The molecule has 0 saturated heterocycles. The van der Waals surface area contributed by atoms with Crippen molar-refractivity contribution < 1.29 is 4.79 Å². The number of aryl methyl sites for hydroxylation is 2. The lowest BCUT2D eigenvalue weighted by Crippen LogP contribution is -2.28. The van der Waals surface area contributed by atoms with E-state index in [1.807, 2.05) is 18.2 Å². The molecule has 2 nitrogen and oxygen atoms in total. The fourth-order valence-corrected chi connectivity index (χ4v) is 2.39. The van der Waals surface area contributed by atoms with Gasteiger partial charge in [-0.15, -0.1) is 0 Å². The van der Waals surface area contributed by atoms with Gasteiger partial charge in [-0.2, -0.15) is 0 Å². The fraction of sp³-hybridized carbons (Fsp3) is 0.316. The molecule has 2 rings (SSSR count). The van der Waals surface area contributed by atoms with Crippen molar-refractivity contribution in [2.45, 2.75) is 39.2 Å². The number of hydrogen-bond acceptors (Lipinski definition) is 1. The first kappa shape index (κ1) is 15.3. The summed E-state index contributed by atoms with van der Waals surface area (Å²) in [4.78, 5) is 12.1. The first-order chi connectivity index (χ1) is 10.2. The summed E-state index contributed by atoms with van der Waals surface area (Å²) < 4.78 is 0. The van der Waals surface area contributed by atoms with E-state index in [4.69, 9.17) is 0 Å². The summed E-state index contributed by atoms with van der Waals surface area (Å²) in [5.74, 6) is 0.117. The van der Waals surface area contributed by atoms with Gasteiger partial charge in [0.25, 0.3) is 0 Å². The molecule has 0 bridgehead atoms. The molecule has 2 aromatic carbocycles. The minimum absolute atomic E-state index is 0.108. The molecule has 1 amide bonds. The largest absolute Gasteiger partial charge is 0.349 e. The lowest BCUT2D eigenvalue weighted by atomic mass is 10.0. The zero-order valence-electron chi connectivity index (χ0n) is 12.8. The van der Waals surface area contributed by atoms with E-state index >= 15 is 0 Å². The van der Waals surface area contributed by atoms with Gasteiger partial charge in [0.2, 0.25) is 5.91 Å². The van der Waals surface area contributed by atoms with Crippen LogP contribution in [0.2, 0.25) is 0 Å². The Labute approximate surface area is 127 Å². The van der Waals surface area contributed by atoms with Crippen LogP contribution >= 0.6 is 0 Å². The SMILES string of the molecule is CC[C@@H](NC(=O)CCc1ccc(C)cc1)c1ccccc1. The molecule has 0 aromatic heterocycles. The predicted octanol–water partition coefficient (Wildman–Crippen LogP) is 4.20. The average molecular weight is 281 g/mol. The minimum Gasteiger partial charge on any atom is -0.349 e. The van der Waals surface area contributed by atoms with Crippen molar-refractivity contribution in [3.8, 4) is 0 Å². The number of rotatable bonds is 6. The first-order valence-electron chi connectivity index (χ1n) is 7.59. The standard InChI is InChI=1S/C19H23NO/c1-3-18(17-7-5-4-6-8-17)20-19(21)14-13-16-11-9-15(2)10-12-16/h4-12,18H,3,13-14H2,1-2H3,(H,20,21)/t18-/m1/s1. The lowest BCUT2D eigenvalue weighted by molar-refractivity contribution is -0.121. The molecule has 0 aliphatic carbocycles. The molecular formula is C19H23NO. The Bertz CT molecular complexity index is 560. The van der Waals surface area contributed by atoms with Crippen LogP contribution in [0.3, 0.4) is 0 Å². The highest BCUT2D eigenvalue weighted by Gasteiger charge is 2.12. The molecule has 0 aliphatic heterocycles. The van der Waals surface area contributed by atoms with Crippen LogP contribution in [0.25, 0.3) is 0 Å². The van der Waals surface area contributed by atoms with Crippen molar-refractivity contribution in [1.29, 1.82) is 0 Å². The quantitative estimate of drug-likeness (QED) is 0.845. The zero-order valence-corrected chi connectivity index (χ0v) is 12.8. The monoisotopic (exact) mass is 281 g/mol. The van der Waals surface area contributed by atoms with Gasteiger partial charge in [-0.3, -0.25) is 4.79 Å². The summed E-state index contributed by atoms with van der Waals surface area (Å²) in [5, 5.41) is 3.13. The van der Waals surface area contributed by atoms with Crippen LogP contribution in [0.4, 0.5) is 0 Å². The second-order valence-corrected chi connectivity index (χ2v) is 5.42. The molecule has 0 spiro atoms. The third-order valence-electron chi connectivity index (χ3n) is 3.71. The number of carbonyl (C=O) groups is 1. The lowest BCUT2D eigenvalue weighted by Gasteiger charge is -2.17. The Morgan fingerprint density at radius 1 is 1.05 bits per heavy atom. The van der Waals surface area contributed by atoms with E-state index in [0.29, 0.717) is 6.42 Å². The highest BCUT2D eigenvalue weighted by molar-refractivity contribution is 5.76. The molecule has 0 radical (unpaired) electrons. The second-order valence-electron chi connectivity index (χ2n) is 5.42. The molecule has 0 aliphatic rings. The van der Waals surface area contributed by atoms with Crippen molar-refractivity contribution in [1.82, 2.24) is 5.32 Å². The summed E-state index contributed by atoms with van der Waals surface area (Å²) in [6.45, 7) is 4.17. The van der Waals surface area contributed by atoms with Crippen LogP contribution in [0.1, 0.15) is 42.5 Å². The van der Waals surface area contributed by atoms with Crippen LogP contribution in [0.5, 0.6) is 0 Å². The molecule has 0 heterocycles. The van der Waals surface area contributed by atoms with Gasteiger partial charge in [-0.05, 0) is 30.9 Å². The molecular weight excluding hydrogens is 258 g/mol. The molecule has 1 atom stereocenters. The maximum absolute atomic E-state index is 12.1. The third kappa shape index (κ3) is 4.75. The molecule has 0 fully saturated rings. The molecule has 2 heteroatoms. The highest BCUT2D eigenvalue weighted by atomic mass is 16.1. The number of carbonyl (C=O) groups excluding carboxylic acids is 1. The summed E-state index contributed by atoms with van der Waals surface area (Å²) >= 11 is 0. The smallest absolute Gasteiger partial charge is 0.220 e. The van der Waals surface area contributed by atoms with E-state index in [0.717, 1.165) is 12.8 Å². The minimum atomic E-state index is 0.108. The van der Waals surface area contributed by atoms with Gasteiger partial charge >= 0.3 is 0 Å². The van der Waals surface area contributed by atoms with Crippen molar-refractivity contribution in [2.75, 3.05) is 0 Å². The number of benzene rings is 2. The van der Waals surface area contributed by atoms with E-state index in [1.165, 1.54) is 16.7 Å². The summed E-state index contributed by atoms with van der Waals surface area (Å²) in [6.07, 6.45) is 2.23. The van der Waals surface area contributed by atoms with Gasteiger partial charge in [0.05, 0.1) is 6.04 Å². The summed E-state index contributed by atoms with van der Waals surface area (Å²) in [6, 6.07) is 18.6. The molecule has 0 saturated carbocycles. The summed E-state index contributed by atoms with van der Waals surface area (Å²) in [5.41, 5.74) is 3.63. The van der Waals surface area contributed by atoms with Gasteiger partial charge < -0.3 is 5.32 Å². The van der Waals surface area contributed by atoms with Gasteiger partial charge in [-0.1, -0.05) is 67.1 Å². The Morgan fingerprint density at radius 3 is 2.33 bits per heavy atom. The van der Waals surface area contributed by atoms with Crippen LogP contribution in [0, 0.1) is 6.92 Å². The van der Waals surface area contributed by atoms with E-state index in [9.17, 15) is 4.79 Å². The maximum atomic E-state index is 12.1. The molecule has 1 N–H and O–H groups in total. The first-order valence-corrected chi connectivity index (χ1v) is 7.59. The molecule has 21 heavy (non-hydrogen) atoms. The highest BCUT2D eigenvalue weighted by Crippen LogP contribution is 2.16. The fourth-order valence-electron chi connectivity index (χ4n) is 2.39. The van der Waals surface area contributed by atoms with Crippen molar-refractivity contribution in [2.24, 2.45) is 0 Å². The van der Waals surface area contributed by atoms with E-state index < -0.39 is 0 Å². The topological polar surface area (TPSA) is 29.1 Å². The Hall–Kier alpha value is -2.09. The molecule has 110 valence electrons. The van der Waals surface area contributed by atoms with Crippen molar-refractivity contribution >= 4 is 5.91 Å². The van der Waals surface area contributed by atoms with Crippen molar-refractivity contribution in [3.05, 3.63) is 71.3 Å². The Kier molecular flexibility index (Phi) is 5.56. The van der Waals surface area contributed by atoms with Crippen LogP contribution in [0.15, 0.2) is 54.6 Å². The number of nitrogens with one attached hydrogen (secondary N) is 1. The Balaban J connectivity index is 1.87. The predicted molar refractivity (Wildman–Crippen MR) is 87.1 cm³/mol. The van der Waals surface area contributed by atoms with Crippen LogP contribution in [-0.4, -0.2) is 5.91 Å². The van der Waals surface area contributed by atoms with Gasteiger partial charge in [0, 0.05) is 6.42 Å². The van der Waals surface area contributed by atoms with Crippen LogP contribution < -0.4 is 5.32 Å². The molecule has 2 aromatic rings. The van der Waals surface area contributed by atoms with Gasteiger partial charge in [0.15, 0.2) is 0 Å².